The van der Waals surface area contributed by atoms with E-state index in [1.54, 1.807) is 23.3 Å². The maximum atomic E-state index is 12.5. The summed E-state index contributed by atoms with van der Waals surface area (Å²) < 4.78 is 11.9. The van der Waals surface area contributed by atoms with E-state index < -0.39 is 0 Å². The number of ether oxygens (including phenoxy) is 2. The molecule has 1 aliphatic rings. The van der Waals surface area contributed by atoms with Crippen molar-refractivity contribution < 1.29 is 14.3 Å². The van der Waals surface area contributed by atoms with Gasteiger partial charge in [0, 0.05) is 18.4 Å². The van der Waals surface area contributed by atoms with E-state index in [0.717, 1.165) is 0 Å². The Bertz CT molecular complexity index is 671. The molecule has 23 heavy (non-hydrogen) atoms. The first kappa shape index (κ1) is 16.2. The SMILES string of the molecule is COC[C@@H]1CN(C(=O)N[C@@H](C)c2csc3ccccc23)CCO1. The summed E-state index contributed by atoms with van der Waals surface area (Å²) in [5.74, 6) is 0. The molecule has 1 aromatic carbocycles. The quantitative estimate of drug-likeness (QED) is 0.935. The van der Waals surface area contributed by atoms with Gasteiger partial charge in [0.1, 0.15) is 0 Å². The van der Waals surface area contributed by atoms with Crippen LogP contribution in [0.2, 0.25) is 0 Å². The van der Waals surface area contributed by atoms with Crippen molar-refractivity contribution >= 4 is 27.5 Å². The fraction of sp³-hybridized carbons (Fsp3) is 0.471. The second-order valence-electron chi connectivity index (χ2n) is 5.75. The number of nitrogens with zero attached hydrogens (tertiary/aromatic N) is 1. The molecule has 0 unspecified atom stereocenters. The highest BCUT2D eigenvalue weighted by Gasteiger charge is 2.25. The third kappa shape index (κ3) is 3.65. The van der Waals surface area contributed by atoms with Crippen LogP contribution in [0.3, 0.4) is 0 Å². The number of rotatable bonds is 4. The number of fused-ring (bicyclic) bond motifs is 1. The number of carbonyl (C=O) groups is 1. The van der Waals surface area contributed by atoms with Crippen molar-refractivity contribution in [3.05, 3.63) is 35.2 Å². The van der Waals surface area contributed by atoms with E-state index in [1.807, 2.05) is 19.1 Å². The monoisotopic (exact) mass is 334 g/mol. The first-order chi connectivity index (χ1) is 11.2. The molecule has 0 saturated carbocycles. The predicted molar refractivity (Wildman–Crippen MR) is 92.0 cm³/mol. The molecule has 6 heteroatoms. The van der Waals surface area contributed by atoms with Gasteiger partial charge in [-0.25, -0.2) is 4.79 Å². The van der Waals surface area contributed by atoms with Crippen molar-refractivity contribution in [2.24, 2.45) is 0 Å². The van der Waals surface area contributed by atoms with Crippen LogP contribution in [0.4, 0.5) is 4.79 Å². The van der Waals surface area contributed by atoms with Crippen LogP contribution in [0.15, 0.2) is 29.6 Å². The summed E-state index contributed by atoms with van der Waals surface area (Å²) in [6.07, 6.45) is -0.0446. The van der Waals surface area contributed by atoms with Crippen molar-refractivity contribution in [1.82, 2.24) is 10.2 Å². The normalized spacial score (nSPS) is 19.7. The molecule has 0 radical (unpaired) electrons. The van der Waals surface area contributed by atoms with Crippen LogP contribution in [0.5, 0.6) is 0 Å². The van der Waals surface area contributed by atoms with Gasteiger partial charge in [0.25, 0.3) is 0 Å². The standard InChI is InChI=1S/C17H22N2O3S/c1-12(15-11-23-16-6-4-3-5-14(15)16)18-17(20)19-7-8-22-13(9-19)10-21-2/h3-6,11-13H,7-10H2,1-2H3,(H,18,20)/t12-,13-/m0/s1. The molecule has 1 aliphatic heterocycles. The van der Waals surface area contributed by atoms with Gasteiger partial charge >= 0.3 is 6.03 Å². The topological polar surface area (TPSA) is 50.8 Å². The zero-order valence-corrected chi connectivity index (χ0v) is 14.3. The van der Waals surface area contributed by atoms with Crippen LogP contribution >= 0.6 is 11.3 Å². The average Bonchev–Trinajstić information content (AvgIpc) is 2.99. The Labute approximate surface area is 140 Å². The third-order valence-corrected chi connectivity index (χ3v) is 5.08. The number of hydrogen-bond acceptors (Lipinski definition) is 4. The van der Waals surface area contributed by atoms with Crippen LogP contribution in [0, 0.1) is 0 Å². The van der Waals surface area contributed by atoms with E-state index in [-0.39, 0.29) is 18.2 Å². The summed E-state index contributed by atoms with van der Waals surface area (Å²) in [5.41, 5.74) is 1.17. The highest BCUT2D eigenvalue weighted by Crippen LogP contribution is 2.30. The lowest BCUT2D eigenvalue weighted by Crippen LogP contribution is -2.51. The second-order valence-corrected chi connectivity index (χ2v) is 6.66. The highest BCUT2D eigenvalue weighted by molar-refractivity contribution is 7.17. The molecule has 1 fully saturated rings. The Balaban J connectivity index is 1.65. The maximum absolute atomic E-state index is 12.5. The lowest BCUT2D eigenvalue weighted by molar-refractivity contribution is -0.0496. The Morgan fingerprint density at radius 3 is 3.17 bits per heavy atom. The average molecular weight is 334 g/mol. The van der Waals surface area contributed by atoms with Crippen LogP contribution < -0.4 is 5.32 Å². The smallest absolute Gasteiger partial charge is 0.318 e. The maximum Gasteiger partial charge on any atom is 0.318 e. The van der Waals surface area contributed by atoms with Crippen molar-refractivity contribution in [1.29, 1.82) is 0 Å². The van der Waals surface area contributed by atoms with Crippen LogP contribution in [-0.4, -0.2) is 50.4 Å². The number of hydrogen-bond donors (Lipinski definition) is 1. The third-order valence-electron chi connectivity index (χ3n) is 4.10. The number of morpholine rings is 1. The number of methoxy groups -OCH3 is 1. The van der Waals surface area contributed by atoms with Gasteiger partial charge in [-0.15, -0.1) is 11.3 Å². The number of carbonyl (C=O) groups excluding carboxylic acids is 1. The summed E-state index contributed by atoms with van der Waals surface area (Å²) in [4.78, 5) is 14.3. The fourth-order valence-electron chi connectivity index (χ4n) is 2.88. The number of nitrogens with one attached hydrogen (secondary N) is 1. The molecule has 2 aromatic rings. The first-order valence-corrected chi connectivity index (χ1v) is 8.69. The zero-order chi connectivity index (χ0) is 16.2. The Morgan fingerprint density at radius 1 is 1.52 bits per heavy atom. The van der Waals surface area contributed by atoms with Gasteiger partial charge < -0.3 is 19.7 Å². The van der Waals surface area contributed by atoms with E-state index in [0.29, 0.717) is 26.3 Å². The van der Waals surface area contributed by atoms with Gasteiger partial charge in [0.2, 0.25) is 0 Å². The van der Waals surface area contributed by atoms with Crippen molar-refractivity contribution in [3.63, 3.8) is 0 Å². The molecule has 2 heterocycles. The number of thiophene rings is 1. The molecule has 1 aromatic heterocycles. The van der Waals surface area contributed by atoms with Gasteiger partial charge in [-0.05, 0) is 29.3 Å². The van der Waals surface area contributed by atoms with Gasteiger partial charge in [0.15, 0.2) is 0 Å². The Hall–Kier alpha value is -1.63. The summed E-state index contributed by atoms with van der Waals surface area (Å²) in [5, 5.41) is 6.44. The van der Waals surface area contributed by atoms with E-state index in [1.165, 1.54) is 15.6 Å². The number of amides is 2. The minimum Gasteiger partial charge on any atom is -0.382 e. The molecule has 0 aliphatic carbocycles. The van der Waals surface area contributed by atoms with E-state index in [9.17, 15) is 4.79 Å². The molecule has 0 bridgehead atoms. The first-order valence-electron chi connectivity index (χ1n) is 7.81. The van der Waals surface area contributed by atoms with E-state index in [2.05, 4.69) is 22.8 Å². The molecule has 5 nitrogen and oxygen atoms in total. The zero-order valence-electron chi connectivity index (χ0n) is 13.5. The molecule has 2 atom stereocenters. The van der Waals surface area contributed by atoms with Crippen molar-refractivity contribution in [2.45, 2.75) is 19.1 Å². The molecule has 3 rings (SSSR count). The highest BCUT2D eigenvalue weighted by atomic mass is 32.1. The van der Waals surface area contributed by atoms with Gasteiger partial charge in [0.05, 0.1) is 31.9 Å². The lowest BCUT2D eigenvalue weighted by Gasteiger charge is -2.33. The largest absolute Gasteiger partial charge is 0.382 e. The molecule has 1 saturated heterocycles. The molecular formula is C17H22N2O3S. The minimum atomic E-state index is -0.0446. The number of urea groups is 1. The predicted octanol–water partition coefficient (Wildman–Crippen LogP) is 3.02. The van der Waals surface area contributed by atoms with Crippen LogP contribution in [0.1, 0.15) is 18.5 Å². The summed E-state index contributed by atoms with van der Waals surface area (Å²) in [6, 6.07) is 8.21. The second kappa shape index (κ2) is 7.29. The number of benzene rings is 1. The lowest BCUT2D eigenvalue weighted by atomic mass is 10.1. The molecule has 1 N–H and O–H groups in total. The summed E-state index contributed by atoms with van der Waals surface area (Å²) in [6.45, 7) is 4.27. The van der Waals surface area contributed by atoms with Crippen molar-refractivity contribution in [3.8, 4) is 0 Å². The molecular weight excluding hydrogens is 312 g/mol. The van der Waals surface area contributed by atoms with Crippen molar-refractivity contribution in [2.75, 3.05) is 33.4 Å². The van der Waals surface area contributed by atoms with Gasteiger partial charge in [-0.2, -0.15) is 0 Å². The molecule has 0 spiro atoms. The summed E-state index contributed by atoms with van der Waals surface area (Å²) >= 11 is 1.71. The van der Waals surface area contributed by atoms with Gasteiger partial charge in [-0.1, -0.05) is 18.2 Å². The summed E-state index contributed by atoms with van der Waals surface area (Å²) in [7, 11) is 1.64. The van der Waals surface area contributed by atoms with Crippen LogP contribution in [0.25, 0.3) is 10.1 Å². The fourth-order valence-corrected chi connectivity index (χ4v) is 3.93. The minimum absolute atomic E-state index is 0.0256. The Kier molecular flexibility index (Phi) is 5.15. The molecule has 2 amide bonds. The Morgan fingerprint density at radius 2 is 2.35 bits per heavy atom. The molecule has 124 valence electrons. The van der Waals surface area contributed by atoms with Crippen LogP contribution in [-0.2, 0) is 9.47 Å². The van der Waals surface area contributed by atoms with E-state index >= 15 is 0 Å². The van der Waals surface area contributed by atoms with Gasteiger partial charge in [-0.3, -0.25) is 0 Å². The van der Waals surface area contributed by atoms with E-state index in [4.69, 9.17) is 9.47 Å².